The number of hydrogen-bond acceptors (Lipinski definition) is 3. The molecule has 2 heterocycles. The van der Waals surface area contributed by atoms with Gasteiger partial charge in [0.2, 0.25) is 0 Å². The van der Waals surface area contributed by atoms with Crippen LogP contribution in [0.1, 0.15) is 56.3 Å². The van der Waals surface area contributed by atoms with E-state index < -0.39 is 0 Å². The minimum atomic E-state index is 0.979. The zero-order chi connectivity index (χ0) is 15.2. The summed E-state index contributed by atoms with van der Waals surface area (Å²) in [6.07, 6.45) is 12.0. The van der Waals surface area contributed by atoms with Gasteiger partial charge in [0.1, 0.15) is 0 Å². The van der Waals surface area contributed by atoms with Gasteiger partial charge in [-0.15, -0.1) is 0 Å². The predicted molar refractivity (Wildman–Crippen MR) is 96.8 cm³/mol. The maximum absolute atomic E-state index is 4.59. The molecule has 22 heavy (non-hydrogen) atoms. The molecule has 0 spiro atoms. The average molecular weight is 317 g/mol. The number of rotatable bonds is 4. The molecule has 0 bridgehead atoms. The highest BCUT2D eigenvalue weighted by atomic mass is 32.2. The van der Waals surface area contributed by atoms with Gasteiger partial charge in [0.15, 0.2) is 0 Å². The molecule has 3 rings (SSSR count). The molecule has 1 saturated heterocycles. The summed E-state index contributed by atoms with van der Waals surface area (Å²) in [5.41, 5.74) is 3.79. The van der Waals surface area contributed by atoms with Crippen molar-refractivity contribution in [1.82, 2.24) is 9.29 Å². The van der Waals surface area contributed by atoms with Crippen molar-refractivity contribution >= 4 is 18.0 Å². The lowest BCUT2D eigenvalue weighted by Gasteiger charge is -2.29. The molecular formula is C19H28N2S. The number of hydrogen-bond donors (Lipinski definition) is 0. The smallest absolute Gasteiger partial charge is 0.0632 e. The minimum Gasteiger partial charge on any atom is -0.254 e. The summed E-state index contributed by atoms with van der Waals surface area (Å²) in [5, 5.41) is 0. The third kappa shape index (κ3) is 4.85. The van der Waals surface area contributed by atoms with E-state index in [0.29, 0.717) is 0 Å². The van der Waals surface area contributed by atoms with Crippen LogP contribution in [0.3, 0.4) is 0 Å². The van der Waals surface area contributed by atoms with E-state index in [9.17, 15) is 0 Å². The second-order valence-electron chi connectivity index (χ2n) is 6.74. The maximum Gasteiger partial charge on any atom is 0.0632 e. The predicted octanol–water partition coefficient (Wildman–Crippen LogP) is 5.10. The second kappa shape index (κ2) is 8.16. The van der Waals surface area contributed by atoms with Crippen LogP contribution in [0, 0.1) is 12.8 Å². The Kier molecular flexibility index (Phi) is 5.96. The van der Waals surface area contributed by atoms with Crippen LogP contribution in [-0.4, -0.2) is 28.1 Å². The molecule has 0 atom stereocenters. The molecule has 0 unspecified atom stereocenters. The van der Waals surface area contributed by atoms with E-state index in [2.05, 4.69) is 52.4 Å². The first-order chi connectivity index (χ1) is 10.8. The largest absolute Gasteiger partial charge is 0.254 e. The summed E-state index contributed by atoms with van der Waals surface area (Å²) < 4.78 is 2.59. The molecule has 3 heteroatoms. The standard InChI is InChI=1S/C19H28N2S/c1-16-6-5-9-19(20-16)14-17-10-12-21(13-11-17)22-15-18-7-3-2-4-8-18/h5-6,9,14,18H,2-4,7-8,10-13,15H2,1H3. The van der Waals surface area contributed by atoms with Crippen molar-refractivity contribution in [3.05, 3.63) is 35.2 Å². The van der Waals surface area contributed by atoms with Crippen LogP contribution in [0.4, 0.5) is 0 Å². The van der Waals surface area contributed by atoms with Crippen molar-refractivity contribution in [2.75, 3.05) is 18.8 Å². The van der Waals surface area contributed by atoms with E-state index in [0.717, 1.165) is 17.3 Å². The van der Waals surface area contributed by atoms with E-state index in [1.165, 1.54) is 63.8 Å². The number of pyridine rings is 1. The van der Waals surface area contributed by atoms with Crippen LogP contribution in [0.5, 0.6) is 0 Å². The number of piperidine rings is 1. The monoisotopic (exact) mass is 316 g/mol. The van der Waals surface area contributed by atoms with Crippen LogP contribution in [0.25, 0.3) is 6.08 Å². The summed E-state index contributed by atoms with van der Waals surface area (Å²) in [6, 6.07) is 6.28. The molecule has 120 valence electrons. The molecule has 1 saturated carbocycles. The topological polar surface area (TPSA) is 16.1 Å². The van der Waals surface area contributed by atoms with Crippen molar-refractivity contribution in [2.45, 2.75) is 51.9 Å². The zero-order valence-electron chi connectivity index (χ0n) is 13.8. The quantitative estimate of drug-likeness (QED) is 0.719. The Bertz CT molecular complexity index is 496. The third-order valence-electron chi connectivity index (χ3n) is 4.84. The van der Waals surface area contributed by atoms with Gasteiger partial charge in [0.25, 0.3) is 0 Å². The number of nitrogens with zero attached hydrogens (tertiary/aromatic N) is 2. The van der Waals surface area contributed by atoms with Gasteiger partial charge < -0.3 is 0 Å². The maximum atomic E-state index is 4.59. The summed E-state index contributed by atoms with van der Waals surface area (Å²) in [6.45, 7) is 4.47. The highest BCUT2D eigenvalue weighted by Crippen LogP contribution is 2.30. The summed E-state index contributed by atoms with van der Waals surface area (Å²) in [5.74, 6) is 2.32. The Morgan fingerprint density at radius 2 is 1.95 bits per heavy atom. The van der Waals surface area contributed by atoms with Crippen molar-refractivity contribution in [1.29, 1.82) is 0 Å². The van der Waals surface area contributed by atoms with E-state index in [1.807, 2.05) is 0 Å². The van der Waals surface area contributed by atoms with Crippen molar-refractivity contribution in [3.8, 4) is 0 Å². The molecule has 1 aromatic heterocycles. The lowest BCUT2D eigenvalue weighted by Crippen LogP contribution is -2.26. The molecule has 0 amide bonds. The molecule has 0 aromatic carbocycles. The molecule has 1 aliphatic carbocycles. The Morgan fingerprint density at radius 3 is 2.68 bits per heavy atom. The highest BCUT2D eigenvalue weighted by molar-refractivity contribution is 7.97. The molecule has 0 radical (unpaired) electrons. The summed E-state index contributed by atoms with van der Waals surface area (Å²) >= 11 is 2.11. The number of aryl methyl sites for hydroxylation is 1. The van der Waals surface area contributed by atoms with Crippen LogP contribution in [0.15, 0.2) is 23.8 Å². The normalized spacial score (nSPS) is 21.0. The van der Waals surface area contributed by atoms with E-state index in [4.69, 9.17) is 0 Å². The first-order valence-electron chi connectivity index (χ1n) is 8.80. The van der Waals surface area contributed by atoms with Gasteiger partial charge >= 0.3 is 0 Å². The van der Waals surface area contributed by atoms with Gasteiger partial charge in [-0.3, -0.25) is 4.98 Å². The Morgan fingerprint density at radius 1 is 1.18 bits per heavy atom. The van der Waals surface area contributed by atoms with Gasteiger partial charge in [0, 0.05) is 24.5 Å². The molecule has 2 fully saturated rings. The SMILES string of the molecule is Cc1cccc(C=C2CCN(SCC3CCCCC3)CC2)n1. The summed E-state index contributed by atoms with van der Waals surface area (Å²) in [7, 11) is 0. The van der Waals surface area contributed by atoms with Gasteiger partial charge in [0.05, 0.1) is 5.69 Å². The van der Waals surface area contributed by atoms with Crippen molar-refractivity contribution < 1.29 is 0 Å². The average Bonchev–Trinajstić information content (AvgIpc) is 2.55. The van der Waals surface area contributed by atoms with Crippen molar-refractivity contribution in [2.24, 2.45) is 5.92 Å². The fraction of sp³-hybridized carbons (Fsp3) is 0.632. The van der Waals surface area contributed by atoms with E-state index in [-0.39, 0.29) is 0 Å². The van der Waals surface area contributed by atoms with Crippen molar-refractivity contribution in [3.63, 3.8) is 0 Å². The summed E-state index contributed by atoms with van der Waals surface area (Å²) in [4.78, 5) is 4.59. The molecule has 1 aromatic rings. The van der Waals surface area contributed by atoms with Crippen LogP contribution in [-0.2, 0) is 0 Å². The van der Waals surface area contributed by atoms with Gasteiger partial charge in [-0.25, -0.2) is 4.31 Å². The molecular weight excluding hydrogens is 288 g/mol. The van der Waals surface area contributed by atoms with E-state index in [1.54, 1.807) is 5.57 Å². The minimum absolute atomic E-state index is 0.979. The fourth-order valence-electron chi connectivity index (χ4n) is 3.47. The van der Waals surface area contributed by atoms with Crippen LogP contribution in [0.2, 0.25) is 0 Å². The Balaban J connectivity index is 1.44. The lowest BCUT2D eigenvalue weighted by molar-refractivity contribution is 0.383. The first-order valence-corrected chi connectivity index (χ1v) is 9.75. The van der Waals surface area contributed by atoms with Gasteiger partial charge in [-0.1, -0.05) is 42.8 Å². The molecule has 1 aliphatic heterocycles. The molecule has 2 aliphatic rings. The lowest BCUT2D eigenvalue weighted by atomic mass is 9.91. The van der Waals surface area contributed by atoms with E-state index >= 15 is 0 Å². The number of aromatic nitrogens is 1. The molecule has 2 nitrogen and oxygen atoms in total. The Hall–Kier alpha value is -0.800. The zero-order valence-corrected chi connectivity index (χ0v) is 14.6. The van der Waals surface area contributed by atoms with Crippen LogP contribution >= 0.6 is 11.9 Å². The second-order valence-corrected chi connectivity index (χ2v) is 7.84. The van der Waals surface area contributed by atoms with Gasteiger partial charge in [-0.05, 0) is 56.7 Å². The first kappa shape index (κ1) is 16.1. The third-order valence-corrected chi connectivity index (χ3v) is 6.19. The highest BCUT2D eigenvalue weighted by Gasteiger charge is 2.18. The Labute approximate surface area is 139 Å². The molecule has 0 N–H and O–H groups in total. The fourth-order valence-corrected chi connectivity index (χ4v) is 4.66. The van der Waals surface area contributed by atoms with Gasteiger partial charge in [-0.2, -0.15) is 0 Å². The van der Waals surface area contributed by atoms with Crippen LogP contribution < -0.4 is 0 Å².